The molecule has 0 spiro atoms. The Morgan fingerprint density at radius 2 is 2.13 bits per heavy atom. The number of benzene rings is 1. The molecule has 0 aliphatic rings. The Kier molecular flexibility index (Phi) is 3.96. The van der Waals surface area contributed by atoms with Gasteiger partial charge in [-0.25, -0.2) is 13.1 Å². The Morgan fingerprint density at radius 3 is 2.60 bits per heavy atom. The van der Waals surface area contributed by atoms with E-state index in [1.807, 2.05) is 6.92 Å². The number of sulfonamides is 1. The Bertz CT molecular complexity index is 445. The maximum atomic E-state index is 11.4. The van der Waals surface area contributed by atoms with Crippen molar-refractivity contribution < 1.29 is 13.2 Å². The number of halogens is 1. The lowest BCUT2D eigenvalue weighted by molar-refractivity contribution is 0.340. The summed E-state index contributed by atoms with van der Waals surface area (Å²) in [5.74, 6) is 0.481. The summed E-state index contributed by atoms with van der Waals surface area (Å²) in [6, 6.07) is 4.34. The molecule has 0 heterocycles. The van der Waals surface area contributed by atoms with Gasteiger partial charge in [0, 0.05) is 0 Å². The molecule has 0 saturated carbocycles. The van der Waals surface area contributed by atoms with Gasteiger partial charge in [-0.1, -0.05) is 11.6 Å². The van der Waals surface area contributed by atoms with Crippen LogP contribution in [0.3, 0.4) is 0 Å². The fourth-order valence-corrected chi connectivity index (χ4v) is 2.09. The van der Waals surface area contributed by atoms with Crippen molar-refractivity contribution in [2.75, 3.05) is 13.7 Å². The molecule has 1 rings (SSSR count). The van der Waals surface area contributed by atoms with Crippen LogP contribution < -0.4 is 9.46 Å². The van der Waals surface area contributed by atoms with Crippen LogP contribution in [0, 0.1) is 0 Å². The minimum absolute atomic E-state index is 0.124. The molecule has 0 radical (unpaired) electrons. The molecule has 0 fully saturated rings. The summed E-state index contributed by atoms with van der Waals surface area (Å²) in [5, 5.41) is 0.285. The molecule has 84 valence electrons. The lowest BCUT2D eigenvalue weighted by Crippen LogP contribution is -2.18. The minimum atomic E-state index is -3.44. The average molecular weight is 250 g/mol. The number of ether oxygens (including phenoxy) is 1. The first kappa shape index (κ1) is 12.3. The van der Waals surface area contributed by atoms with Gasteiger partial charge in [0.05, 0.1) is 16.5 Å². The summed E-state index contributed by atoms with van der Waals surface area (Å²) in [4.78, 5) is 0.124. The van der Waals surface area contributed by atoms with Gasteiger partial charge in [0.1, 0.15) is 5.75 Å². The standard InChI is InChI=1S/C9H12ClNO3S/c1-3-14-9-5-4-7(6-8(9)10)15(12,13)11-2/h4-6,11H,3H2,1-2H3. The monoisotopic (exact) mass is 249 g/mol. The molecule has 1 aromatic rings. The van der Waals surface area contributed by atoms with E-state index in [1.54, 1.807) is 0 Å². The van der Waals surface area contributed by atoms with Gasteiger partial charge < -0.3 is 4.74 Å². The predicted octanol–water partition coefficient (Wildman–Crippen LogP) is 1.65. The van der Waals surface area contributed by atoms with Crippen molar-refractivity contribution in [3.63, 3.8) is 0 Å². The van der Waals surface area contributed by atoms with Crippen LogP contribution in [-0.4, -0.2) is 22.1 Å². The number of hydrogen-bond acceptors (Lipinski definition) is 3. The van der Waals surface area contributed by atoms with Crippen molar-refractivity contribution in [2.45, 2.75) is 11.8 Å². The maximum Gasteiger partial charge on any atom is 0.240 e. The van der Waals surface area contributed by atoms with E-state index in [2.05, 4.69) is 4.72 Å². The van der Waals surface area contributed by atoms with E-state index in [0.717, 1.165) is 0 Å². The van der Waals surface area contributed by atoms with Crippen molar-refractivity contribution in [1.29, 1.82) is 0 Å². The van der Waals surface area contributed by atoms with Crippen LogP contribution in [0.4, 0.5) is 0 Å². The molecule has 0 unspecified atom stereocenters. The quantitative estimate of drug-likeness (QED) is 0.883. The molecular weight excluding hydrogens is 238 g/mol. The highest BCUT2D eigenvalue weighted by atomic mass is 35.5. The molecule has 1 N–H and O–H groups in total. The summed E-state index contributed by atoms with van der Waals surface area (Å²) in [6.45, 7) is 2.31. The summed E-state index contributed by atoms with van der Waals surface area (Å²) in [7, 11) is -2.10. The van der Waals surface area contributed by atoms with Crippen molar-refractivity contribution in [3.8, 4) is 5.75 Å². The highest BCUT2D eigenvalue weighted by Crippen LogP contribution is 2.27. The molecule has 0 saturated heterocycles. The number of nitrogens with one attached hydrogen (secondary N) is 1. The normalized spacial score (nSPS) is 11.4. The molecule has 6 heteroatoms. The third-order valence-electron chi connectivity index (χ3n) is 1.78. The fourth-order valence-electron chi connectivity index (χ4n) is 1.04. The second-order valence-electron chi connectivity index (χ2n) is 2.73. The first-order valence-corrected chi connectivity index (χ1v) is 6.23. The van der Waals surface area contributed by atoms with Gasteiger partial charge in [-0.05, 0) is 32.2 Å². The number of rotatable bonds is 4. The van der Waals surface area contributed by atoms with E-state index in [9.17, 15) is 8.42 Å². The topological polar surface area (TPSA) is 55.4 Å². The molecule has 0 atom stereocenters. The highest BCUT2D eigenvalue weighted by Gasteiger charge is 2.13. The van der Waals surface area contributed by atoms with E-state index in [0.29, 0.717) is 12.4 Å². The molecule has 0 aromatic heterocycles. The second kappa shape index (κ2) is 4.83. The average Bonchev–Trinajstić information content (AvgIpc) is 2.21. The molecular formula is C9H12ClNO3S. The second-order valence-corrected chi connectivity index (χ2v) is 5.03. The minimum Gasteiger partial charge on any atom is -0.492 e. The smallest absolute Gasteiger partial charge is 0.240 e. The van der Waals surface area contributed by atoms with Crippen LogP contribution >= 0.6 is 11.6 Å². The van der Waals surface area contributed by atoms with Crippen molar-refractivity contribution in [3.05, 3.63) is 23.2 Å². The van der Waals surface area contributed by atoms with E-state index in [-0.39, 0.29) is 9.92 Å². The molecule has 0 aliphatic heterocycles. The van der Waals surface area contributed by atoms with Crippen molar-refractivity contribution in [2.24, 2.45) is 0 Å². The third-order valence-corrected chi connectivity index (χ3v) is 3.49. The van der Waals surface area contributed by atoms with Gasteiger partial charge in [-0.2, -0.15) is 0 Å². The largest absolute Gasteiger partial charge is 0.492 e. The molecule has 0 amide bonds. The van der Waals surface area contributed by atoms with Crippen LogP contribution in [0.25, 0.3) is 0 Å². The summed E-state index contributed by atoms with van der Waals surface area (Å²) < 4.78 is 30.2. The molecule has 0 aliphatic carbocycles. The number of hydrogen-bond donors (Lipinski definition) is 1. The van der Waals surface area contributed by atoms with Crippen molar-refractivity contribution >= 4 is 21.6 Å². The van der Waals surface area contributed by atoms with Crippen LogP contribution in [0.15, 0.2) is 23.1 Å². The lowest BCUT2D eigenvalue weighted by atomic mass is 10.3. The summed E-state index contributed by atoms with van der Waals surface area (Å²) in [5.41, 5.74) is 0. The highest BCUT2D eigenvalue weighted by molar-refractivity contribution is 7.89. The zero-order valence-electron chi connectivity index (χ0n) is 8.45. The van der Waals surface area contributed by atoms with Crippen LogP contribution in [0.1, 0.15) is 6.92 Å². The molecule has 15 heavy (non-hydrogen) atoms. The van der Waals surface area contributed by atoms with E-state index >= 15 is 0 Å². The Hall–Kier alpha value is -0.780. The molecule has 4 nitrogen and oxygen atoms in total. The summed E-state index contributed by atoms with van der Waals surface area (Å²) in [6.07, 6.45) is 0. The van der Waals surface area contributed by atoms with Crippen LogP contribution in [-0.2, 0) is 10.0 Å². The van der Waals surface area contributed by atoms with Gasteiger partial charge in [0.15, 0.2) is 0 Å². The van der Waals surface area contributed by atoms with Crippen LogP contribution in [0.5, 0.6) is 5.75 Å². The third kappa shape index (κ3) is 2.84. The first-order valence-electron chi connectivity index (χ1n) is 4.37. The van der Waals surface area contributed by atoms with E-state index in [1.165, 1.54) is 25.2 Å². The fraction of sp³-hybridized carbons (Fsp3) is 0.333. The lowest BCUT2D eigenvalue weighted by Gasteiger charge is -2.07. The maximum absolute atomic E-state index is 11.4. The first-order chi connectivity index (χ1) is 7.01. The zero-order valence-corrected chi connectivity index (χ0v) is 10.0. The van der Waals surface area contributed by atoms with Gasteiger partial charge in [0.25, 0.3) is 0 Å². The predicted molar refractivity (Wildman–Crippen MR) is 58.9 cm³/mol. The van der Waals surface area contributed by atoms with Gasteiger partial charge >= 0.3 is 0 Å². The Labute approximate surface area is 94.3 Å². The van der Waals surface area contributed by atoms with Crippen molar-refractivity contribution in [1.82, 2.24) is 4.72 Å². The Morgan fingerprint density at radius 1 is 1.47 bits per heavy atom. The zero-order chi connectivity index (χ0) is 11.5. The van der Waals surface area contributed by atoms with Gasteiger partial charge in [-0.15, -0.1) is 0 Å². The van der Waals surface area contributed by atoms with Gasteiger partial charge in [-0.3, -0.25) is 0 Å². The summed E-state index contributed by atoms with van der Waals surface area (Å²) >= 11 is 5.85. The SMILES string of the molecule is CCOc1ccc(S(=O)(=O)NC)cc1Cl. The van der Waals surface area contributed by atoms with E-state index in [4.69, 9.17) is 16.3 Å². The molecule has 1 aromatic carbocycles. The van der Waals surface area contributed by atoms with Crippen LogP contribution in [0.2, 0.25) is 5.02 Å². The Balaban J connectivity index is 3.12. The van der Waals surface area contributed by atoms with Gasteiger partial charge in [0.2, 0.25) is 10.0 Å². The van der Waals surface area contributed by atoms with E-state index < -0.39 is 10.0 Å². The molecule has 0 bridgehead atoms.